The predicted octanol–water partition coefficient (Wildman–Crippen LogP) is 4.21. The second kappa shape index (κ2) is 10.1. The zero-order valence-electron chi connectivity index (χ0n) is 14.8. The van der Waals surface area contributed by atoms with Crippen LogP contribution in [0.1, 0.15) is 24.0 Å². The van der Waals surface area contributed by atoms with E-state index in [1.54, 1.807) is 23.1 Å². The number of ether oxygens (including phenoxy) is 1. The van der Waals surface area contributed by atoms with Crippen LogP contribution in [0.3, 0.4) is 0 Å². The fourth-order valence-corrected chi connectivity index (χ4v) is 2.47. The van der Waals surface area contributed by atoms with Crippen LogP contribution in [-0.4, -0.2) is 24.0 Å². The normalized spacial score (nSPS) is 10.1. The Morgan fingerprint density at radius 1 is 1.22 bits per heavy atom. The lowest BCUT2D eigenvalue weighted by atomic mass is 10.1. The Hall–Kier alpha value is -3.20. The highest BCUT2D eigenvalue weighted by atomic mass is 19.1. The third kappa shape index (κ3) is 6.23. The van der Waals surface area contributed by atoms with E-state index in [0.29, 0.717) is 25.1 Å². The minimum Gasteiger partial charge on any atom is -0.491 e. The van der Waals surface area contributed by atoms with Crippen LogP contribution in [0, 0.1) is 23.0 Å². The largest absolute Gasteiger partial charge is 0.491 e. The average Bonchev–Trinajstić information content (AvgIpc) is 2.66. The third-order valence-corrected chi connectivity index (χ3v) is 3.85. The molecule has 0 aliphatic rings. The molecule has 0 unspecified atom stereocenters. The zero-order chi connectivity index (χ0) is 19.6. The van der Waals surface area contributed by atoms with Gasteiger partial charge in [-0.25, -0.2) is 8.78 Å². The highest BCUT2D eigenvalue weighted by molar-refractivity contribution is 5.76. The number of hydrogen-bond donors (Lipinski definition) is 0. The van der Waals surface area contributed by atoms with Gasteiger partial charge in [-0.3, -0.25) is 4.79 Å². The molecule has 2 rings (SSSR count). The fraction of sp³-hybridized carbons (Fsp3) is 0.238. The maximum Gasteiger partial charge on any atom is 0.223 e. The topological polar surface area (TPSA) is 53.3 Å². The lowest BCUT2D eigenvalue weighted by Crippen LogP contribution is -2.30. The van der Waals surface area contributed by atoms with Gasteiger partial charge in [0, 0.05) is 25.6 Å². The van der Waals surface area contributed by atoms with Crippen molar-refractivity contribution < 1.29 is 18.3 Å². The number of nitrogens with zero attached hydrogens (tertiary/aromatic N) is 2. The van der Waals surface area contributed by atoms with Gasteiger partial charge in [-0.1, -0.05) is 18.2 Å². The quantitative estimate of drug-likeness (QED) is 0.491. The molecule has 140 valence electrons. The lowest BCUT2D eigenvalue weighted by Gasteiger charge is -2.21. The first kappa shape index (κ1) is 20.1. The van der Waals surface area contributed by atoms with E-state index in [0.717, 1.165) is 17.7 Å². The molecule has 0 radical (unpaired) electrons. The summed E-state index contributed by atoms with van der Waals surface area (Å²) in [4.78, 5) is 14.1. The van der Waals surface area contributed by atoms with E-state index >= 15 is 0 Å². The number of hydrogen-bond acceptors (Lipinski definition) is 3. The van der Waals surface area contributed by atoms with Crippen LogP contribution in [0.4, 0.5) is 8.78 Å². The van der Waals surface area contributed by atoms with Gasteiger partial charge in [0.15, 0.2) is 11.6 Å². The molecule has 0 N–H and O–H groups in total. The van der Waals surface area contributed by atoms with Crippen LogP contribution >= 0.6 is 0 Å². The van der Waals surface area contributed by atoms with Crippen molar-refractivity contribution in [3.05, 3.63) is 77.9 Å². The van der Waals surface area contributed by atoms with Crippen LogP contribution in [0.2, 0.25) is 0 Å². The molecular formula is C21H20F2N2O2. The molecular weight excluding hydrogens is 350 g/mol. The van der Waals surface area contributed by atoms with E-state index in [4.69, 9.17) is 10.00 Å². The number of carbonyl (C=O) groups is 1. The maximum absolute atomic E-state index is 13.5. The Labute approximate surface area is 157 Å². The highest BCUT2D eigenvalue weighted by Crippen LogP contribution is 2.18. The van der Waals surface area contributed by atoms with Crippen LogP contribution in [0.5, 0.6) is 5.75 Å². The standard InChI is InChI=1S/C21H20F2N2O2/c1-2-11-25(15-17-7-5-16(14-24)6-8-17)21(26)4-3-12-27-20-10-9-18(22)13-19(20)23/h2,5-10,13H,1,3-4,11-12,15H2. The lowest BCUT2D eigenvalue weighted by molar-refractivity contribution is -0.131. The molecule has 2 aromatic carbocycles. The first-order valence-electron chi connectivity index (χ1n) is 8.49. The van der Waals surface area contributed by atoms with Gasteiger partial charge in [-0.05, 0) is 36.2 Å². The van der Waals surface area contributed by atoms with Crippen LogP contribution in [-0.2, 0) is 11.3 Å². The van der Waals surface area contributed by atoms with Crippen molar-refractivity contribution in [2.24, 2.45) is 0 Å². The van der Waals surface area contributed by atoms with E-state index < -0.39 is 11.6 Å². The van der Waals surface area contributed by atoms with E-state index in [-0.39, 0.29) is 24.7 Å². The van der Waals surface area contributed by atoms with Crippen molar-refractivity contribution in [2.45, 2.75) is 19.4 Å². The first-order valence-corrected chi connectivity index (χ1v) is 8.49. The smallest absolute Gasteiger partial charge is 0.223 e. The van der Waals surface area contributed by atoms with Gasteiger partial charge in [0.2, 0.25) is 5.91 Å². The predicted molar refractivity (Wildman–Crippen MR) is 97.9 cm³/mol. The Bertz CT molecular complexity index is 829. The Morgan fingerprint density at radius 3 is 2.59 bits per heavy atom. The van der Waals surface area contributed by atoms with Crippen molar-refractivity contribution in [1.82, 2.24) is 4.90 Å². The molecule has 4 nitrogen and oxygen atoms in total. The van der Waals surface area contributed by atoms with Gasteiger partial charge < -0.3 is 9.64 Å². The number of rotatable bonds is 9. The summed E-state index contributed by atoms with van der Waals surface area (Å²) in [7, 11) is 0. The number of benzene rings is 2. The Balaban J connectivity index is 1.84. The van der Waals surface area contributed by atoms with Crippen molar-refractivity contribution >= 4 is 5.91 Å². The van der Waals surface area contributed by atoms with Gasteiger partial charge in [0.1, 0.15) is 5.82 Å². The minimum atomic E-state index is -0.768. The van der Waals surface area contributed by atoms with Gasteiger partial charge in [-0.2, -0.15) is 5.26 Å². The minimum absolute atomic E-state index is 0.0376. The maximum atomic E-state index is 13.5. The van der Waals surface area contributed by atoms with Gasteiger partial charge in [-0.15, -0.1) is 6.58 Å². The van der Waals surface area contributed by atoms with Crippen molar-refractivity contribution in [2.75, 3.05) is 13.2 Å². The van der Waals surface area contributed by atoms with Gasteiger partial charge >= 0.3 is 0 Å². The summed E-state index contributed by atoms with van der Waals surface area (Å²) >= 11 is 0. The van der Waals surface area contributed by atoms with E-state index in [9.17, 15) is 13.6 Å². The van der Waals surface area contributed by atoms with Crippen molar-refractivity contribution in [3.8, 4) is 11.8 Å². The van der Waals surface area contributed by atoms with Crippen molar-refractivity contribution in [3.63, 3.8) is 0 Å². The molecule has 0 saturated heterocycles. The van der Waals surface area contributed by atoms with Gasteiger partial charge in [0.25, 0.3) is 0 Å². The molecule has 2 aromatic rings. The second-order valence-corrected chi connectivity index (χ2v) is 5.90. The van der Waals surface area contributed by atoms with Crippen LogP contribution in [0.25, 0.3) is 0 Å². The molecule has 1 amide bonds. The van der Waals surface area contributed by atoms with E-state index in [2.05, 4.69) is 12.6 Å². The van der Waals surface area contributed by atoms with Crippen LogP contribution < -0.4 is 4.74 Å². The summed E-state index contributed by atoms with van der Waals surface area (Å²) < 4.78 is 31.6. The summed E-state index contributed by atoms with van der Waals surface area (Å²) in [6.45, 7) is 4.62. The molecule has 0 aliphatic heterocycles. The molecule has 0 spiro atoms. The summed E-state index contributed by atoms with van der Waals surface area (Å²) in [5.41, 5.74) is 1.47. The first-order chi connectivity index (χ1) is 13.0. The number of nitriles is 1. The summed E-state index contributed by atoms with van der Waals surface area (Å²) in [6.07, 6.45) is 2.27. The Kier molecular flexibility index (Phi) is 7.50. The summed E-state index contributed by atoms with van der Waals surface area (Å²) in [5.74, 6) is -1.56. The third-order valence-electron chi connectivity index (χ3n) is 3.85. The number of carbonyl (C=O) groups excluding carboxylic acids is 1. The molecule has 0 atom stereocenters. The molecule has 6 heteroatoms. The van der Waals surface area contributed by atoms with E-state index in [1.807, 2.05) is 12.1 Å². The molecule has 0 aromatic heterocycles. The Morgan fingerprint density at radius 2 is 1.96 bits per heavy atom. The van der Waals surface area contributed by atoms with Crippen molar-refractivity contribution in [1.29, 1.82) is 5.26 Å². The molecule has 0 aliphatic carbocycles. The zero-order valence-corrected chi connectivity index (χ0v) is 14.8. The second-order valence-electron chi connectivity index (χ2n) is 5.90. The average molecular weight is 370 g/mol. The molecule has 0 saturated carbocycles. The molecule has 0 heterocycles. The monoisotopic (exact) mass is 370 g/mol. The fourth-order valence-electron chi connectivity index (χ4n) is 2.47. The number of amides is 1. The van der Waals surface area contributed by atoms with Gasteiger partial charge in [0.05, 0.1) is 18.2 Å². The molecule has 27 heavy (non-hydrogen) atoms. The highest BCUT2D eigenvalue weighted by Gasteiger charge is 2.13. The summed E-state index contributed by atoms with van der Waals surface area (Å²) in [5, 5.41) is 8.83. The summed E-state index contributed by atoms with van der Waals surface area (Å²) in [6, 6.07) is 12.2. The SMILES string of the molecule is C=CCN(Cc1ccc(C#N)cc1)C(=O)CCCOc1ccc(F)cc1F. The number of halogens is 2. The molecule has 0 bridgehead atoms. The molecule has 0 fully saturated rings. The van der Waals surface area contributed by atoms with Crippen LogP contribution in [0.15, 0.2) is 55.1 Å². The van der Waals surface area contributed by atoms with E-state index in [1.165, 1.54) is 6.07 Å².